The Labute approximate surface area is 257 Å². The molecule has 10 atom stereocenters. The summed E-state index contributed by atoms with van der Waals surface area (Å²) in [6, 6.07) is 2.59. The van der Waals surface area contributed by atoms with Gasteiger partial charge in [-0.05, 0) is 19.1 Å². The van der Waals surface area contributed by atoms with Crippen LogP contribution in [0.15, 0.2) is 30.6 Å². The molecule has 250 valence electrons. The summed E-state index contributed by atoms with van der Waals surface area (Å²) in [5.41, 5.74) is -2.05. The van der Waals surface area contributed by atoms with Crippen LogP contribution in [0.3, 0.4) is 0 Å². The van der Waals surface area contributed by atoms with Crippen LogP contribution in [0.1, 0.15) is 6.92 Å². The highest BCUT2D eigenvalue weighted by Gasteiger charge is 2.51. The van der Waals surface area contributed by atoms with Gasteiger partial charge in [-0.15, -0.1) is 0 Å². The molecular weight excluding hydrogens is 620 g/mol. The van der Waals surface area contributed by atoms with Crippen LogP contribution in [-0.2, 0) is 14.2 Å². The first-order chi connectivity index (χ1) is 21.9. The maximum absolute atomic E-state index is 13.4. The van der Waals surface area contributed by atoms with Crippen molar-refractivity contribution in [3.63, 3.8) is 0 Å². The summed E-state index contributed by atoms with van der Waals surface area (Å²) < 4.78 is 50.4. The Balaban J connectivity index is 1.49. The molecule has 2 aromatic carbocycles. The standard InChI is InChI=1S/C29H32O17/c1-8-16(31)18(33)20(35)28(41-8)46-25-19(34)17(32)13(7-30)43-29(25)42-12-6-10-15-14-9(26(36)45-24(15)22(12)40-4)5-11(38-2)21(39-3)23(14)44-27(10)37/h5-6,8,13,16-20,25,28-35H,7H2,1-4H3. The predicted octanol–water partition coefficient (Wildman–Crippen LogP) is -1.45. The van der Waals surface area contributed by atoms with E-state index in [1.807, 2.05) is 0 Å². The third kappa shape index (κ3) is 4.91. The molecule has 2 aliphatic rings. The van der Waals surface area contributed by atoms with E-state index in [0.29, 0.717) is 0 Å². The lowest BCUT2D eigenvalue weighted by molar-refractivity contribution is -0.354. The molecule has 4 aromatic rings. The van der Waals surface area contributed by atoms with Gasteiger partial charge in [0.15, 0.2) is 35.1 Å². The zero-order valence-electron chi connectivity index (χ0n) is 24.8. The van der Waals surface area contributed by atoms with E-state index < -0.39 is 79.3 Å². The molecule has 10 unspecified atom stereocenters. The van der Waals surface area contributed by atoms with Gasteiger partial charge in [-0.1, -0.05) is 0 Å². The summed E-state index contributed by atoms with van der Waals surface area (Å²) in [5, 5.41) is 62.4. The molecule has 17 heteroatoms. The van der Waals surface area contributed by atoms with E-state index in [2.05, 4.69) is 0 Å². The Hall–Kier alpha value is -3.78. The number of ether oxygens (including phenoxy) is 7. The molecule has 6 rings (SSSR count). The molecule has 0 bridgehead atoms. The molecule has 0 spiro atoms. The maximum Gasteiger partial charge on any atom is 0.344 e. The average Bonchev–Trinajstić information content (AvgIpc) is 3.04. The van der Waals surface area contributed by atoms with Crippen LogP contribution in [-0.4, -0.2) is 120 Å². The van der Waals surface area contributed by atoms with E-state index in [0.717, 1.165) is 0 Å². The minimum atomic E-state index is -1.83. The normalized spacial score (nSPS) is 31.9. The van der Waals surface area contributed by atoms with Gasteiger partial charge >= 0.3 is 11.3 Å². The smallest absolute Gasteiger partial charge is 0.344 e. The van der Waals surface area contributed by atoms with Crippen molar-refractivity contribution in [2.75, 3.05) is 27.9 Å². The van der Waals surface area contributed by atoms with Crippen molar-refractivity contribution in [1.29, 1.82) is 0 Å². The van der Waals surface area contributed by atoms with Crippen molar-refractivity contribution in [2.24, 2.45) is 0 Å². The molecule has 2 fully saturated rings. The highest BCUT2D eigenvalue weighted by molar-refractivity contribution is 6.22. The van der Waals surface area contributed by atoms with Gasteiger partial charge in [0.1, 0.15) is 36.6 Å². The summed E-state index contributed by atoms with van der Waals surface area (Å²) >= 11 is 0. The van der Waals surface area contributed by atoms with Crippen molar-refractivity contribution in [2.45, 2.75) is 68.3 Å². The molecule has 2 aromatic heterocycles. The first-order valence-electron chi connectivity index (χ1n) is 14.1. The number of rotatable bonds is 8. The molecule has 17 nitrogen and oxygen atoms in total. The maximum atomic E-state index is 13.4. The van der Waals surface area contributed by atoms with Crippen molar-refractivity contribution < 1.29 is 72.6 Å². The Morgan fingerprint density at radius 2 is 1.26 bits per heavy atom. The number of hydrogen-bond donors (Lipinski definition) is 6. The second kappa shape index (κ2) is 12.1. The highest BCUT2D eigenvalue weighted by Crippen LogP contribution is 2.46. The summed E-state index contributed by atoms with van der Waals surface area (Å²) in [6.45, 7) is 0.643. The number of aliphatic hydroxyl groups excluding tert-OH is 6. The van der Waals surface area contributed by atoms with Crippen LogP contribution in [0.25, 0.3) is 32.7 Å². The van der Waals surface area contributed by atoms with Crippen LogP contribution < -0.4 is 30.2 Å². The van der Waals surface area contributed by atoms with Gasteiger partial charge in [0, 0.05) is 10.8 Å². The fraction of sp³-hybridized carbons (Fsp3) is 0.517. The molecule has 6 N–H and O–H groups in total. The van der Waals surface area contributed by atoms with E-state index in [4.69, 9.17) is 42.0 Å². The lowest BCUT2D eigenvalue weighted by Gasteiger charge is -2.45. The SMILES string of the molecule is COc1cc2c(=O)oc3c(OC)c(OC4OC(CO)C(O)C(O)C4OC4OC(C)C(O)C(O)C4O)cc4c(=O)oc(c1OC)c2c34. The van der Waals surface area contributed by atoms with Gasteiger partial charge < -0.3 is 72.6 Å². The van der Waals surface area contributed by atoms with E-state index in [9.17, 15) is 40.2 Å². The lowest BCUT2D eigenvalue weighted by Crippen LogP contribution is -2.64. The number of benzene rings is 2. The van der Waals surface area contributed by atoms with Crippen LogP contribution in [0.4, 0.5) is 0 Å². The molecule has 46 heavy (non-hydrogen) atoms. The summed E-state index contributed by atoms with van der Waals surface area (Å²) in [6.07, 6.45) is -15.9. The van der Waals surface area contributed by atoms with Gasteiger partial charge in [-0.25, -0.2) is 9.59 Å². The predicted molar refractivity (Wildman–Crippen MR) is 152 cm³/mol. The molecule has 2 saturated heterocycles. The second-order valence-corrected chi connectivity index (χ2v) is 10.9. The molecule has 0 amide bonds. The number of methoxy groups -OCH3 is 3. The fourth-order valence-corrected chi connectivity index (χ4v) is 5.87. The second-order valence-electron chi connectivity index (χ2n) is 10.9. The Kier molecular flexibility index (Phi) is 8.47. The zero-order valence-corrected chi connectivity index (χ0v) is 24.8. The van der Waals surface area contributed by atoms with E-state index in [1.165, 1.54) is 40.4 Å². The van der Waals surface area contributed by atoms with Crippen molar-refractivity contribution in [1.82, 2.24) is 0 Å². The van der Waals surface area contributed by atoms with Crippen LogP contribution in [0, 0.1) is 0 Å². The van der Waals surface area contributed by atoms with Crippen LogP contribution >= 0.6 is 0 Å². The number of hydrogen-bond acceptors (Lipinski definition) is 17. The zero-order chi connectivity index (χ0) is 33.2. The summed E-state index contributed by atoms with van der Waals surface area (Å²) in [5.74, 6) is -0.306. The van der Waals surface area contributed by atoms with E-state index in [-0.39, 0.29) is 55.7 Å². The Bertz CT molecular complexity index is 1850. The summed E-state index contributed by atoms with van der Waals surface area (Å²) in [4.78, 5) is 26.6. The molecule has 0 aliphatic carbocycles. The monoisotopic (exact) mass is 652 g/mol. The van der Waals surface area contributed by atoms with Crippen LogP contribution in [0.5, 0.6) is 23.0 Å². The largest absolute Gasteiger partial charge is 0.493 e. The molecular formula is C29H32O17. The molecule has 2 aliphatic heterocycles. The van der Waals surface area contributed by atoms with Gasteiger partial charge in [0.2, 0.25) is 17.8 Å². The first kappa shape index (κ1) is 32.2. The summed E-state index contributed by atoms with van der Waals surface area (Å²) in [7, 11) is 3.91. The Morgan fingerprint density at radius 3 is 1.80 bits per heavy atom. The van der Waals surface area contributed by atoms with Crippen molar-refractivity contribution in [3.05, 3.63) is 33.0 Å². The molecule has 0 radical (unpaired) electrons. The highest BCUT2D eigenvalue weighted by atomic mass is 16.8. The molecule has 0 saturated carbocycles. The average molecular weight is 653 g/mol. The third-order valence-corrected chi connectivity index (χ3v) is 8.28. The molecule has 4 heterocycles. The van der Waals surface area contributed by atoms with Gasteiger partial charge in [-0.2, -0.15) is 0 Å². The van der Waals surface area contributed by atoms with E-state index in [1.54, 1.807) is 0 Å². The van der Waals surface area contributed by atoms with E-state index >= 15 is 0 Å². The Morgan fingerprint density at radius 1 is 0.696 bits per heavy atom. The van der Waals surface area contributed by atoms with Gasteiger partial charge in [-0.3, -0.25) is 0 Å². The quantitative estimate of drug-likeness (QED) is 0.0941. The number of aliphatic hydroxyl groups is 6. The third-order valence-electron chi connectivity index (χ3n) is 8.28. The minimum absolute atomic E-state index is 0.0178. The van der Waals surface area contributed by atoms with Gasteiger partial charge in [0.25, 0.3) is 0 Å². The van der Waals surface area contributed by atoms with Crippen molar-refractivity contribution >= 4 is 32.7 Å². The fourth-order valence-electron chi connectivity index (χ4n) is 5.87. The topological polar surface area (TPSA) is 246 Å². The van der Waals surface area contributed by atoms with Gasteiger partial charge in [0.05, 0.1) is 44.8 Å². The van der Waals surface area contributed by atoms with Crippen LogP contribution in [0.2, 0.25) is 0 Å². The minimum Gasteiger partial charge on any atom is -0.493 e. The first-order valence-corrected chi connectivity index (χ1v) is 14.1. The lowest BCUT2D eigenvalue weighted by atomic mass is 9.97. The van der Waals surface area contributed by atoms with Crippen molar-refractivity contribution in [3.8, 4) is 23.0 Å².